The maximum atomic E-state index is 11.1. The van der Waals surface area contributed by atoms with Crippen molar-refractivity contribution in [1.29, 1.82) is 0 Å². The molecule has 0 radical (unpaired) electrons. The minimum absolute atomic E-state index is 0.110. The highest BCUT2D eigenvalue weighted by Crippen LogP contribution is 2.36. The van der Waals surface area contributed by atoms with Crippen molar-refractivity contribution < 1.29 is 4.92 Å². The molecule has 0 aliphatic heterocycles. The van der Waals surface area contributed by atoms with Crippen LogP contribution in [0.25, 0.3) is 10.8 Å². The quantitative estimate of drug-likeness (QED) is 0.640. The van der Waals surface area contributed by atoms with Crippen LogP contribution in [-0.4, -0.2) is 15.9 Å². The van der Waals surface area contributed by atoms with Crippen LogP contribution in [0.1, 0.15) is 32.6 Å². The zero-order chi connectivity index (χ0) is 14.8. The van der Waals surface area contributed by atoms with Gasteiger partial charge in [-0.2, -0.15) is 0 Å². The van der Waals surface area contributed by atoms with Crippen LogP contribution in [0.3, 0.4) is 0 Å². The van der Waals surface area contributed by atoms with Gasteiger partial charge >= 0.3 is 0 Å². The molecule has 1 heterocycles. The number of fused-ring (bicyclic) bond motifs is 1. The fraction of sp³-hybridized carbons (Fsp3) is 0.438. The van der Waals surface area contributed by atoms with E-state index in [2.05, 4.69) is 17.2 Å². The zero-order valence-corrected chi connectivity index (χ0v) is 12.1. The Morgan fingerprint density at radius 3 is 2.86 bits per heavy atom. The molecule has 110 valence electrons. The summed E-state index contributed by atoms with van der Waals surface area (Å²) in [7, 11) is 0. The predicted octanol–water partition coefficient (Wildman–Crippen LogP) is 4.13. The summed E-state index contributed by atoms with van der Waals surface area (Å²) in [6.07, 6.45) is 8.16. The summed E-state index contributed by atoms with van der Waals surface area (Å²) in [4.78, 5) is 14.8. The Hall–Kier alpha value is -2.17. The van der Waals surface area contributed by atoms with E-state index in [1.165, 1.54) is 19.3 Å². The van der Waals surface area contributed by atoms with Crippen LogP contribution in [-0.2, 0) is 0 Å². The first-order valence-corrected chi connectivity index (χ1v) is 7.46. The molecule has 21 heavy (non-hydrogen) atoms. The number of aromatic nitrogens is 1. The van der Waals surface area contributed by atoms with Crippen molar-refractivity contribution in [1.82, 2.24) is 4.98 Å². The highest BCUT2D eigenvalue weighted by Gasteiger charge is 2.25. The molecular weight excluding hydrogens is 266 g/mol. The number of hydrogen-bond donors (Lipinski definition) is 1. The molecule has 3 rings (SSSR count). The summed E-state index contributed by atoms with van der Waals surface area (Å²) in [5.41, 5.74) is 1.07. The number of non-ortho nitro benzene ring substituents is 1. The molecule has 1 aromatic heterocycles. The topological polar surface area (TPSA) is 68.1 Å². The van der Waals surface area contributed by atoms with Crippen molar-refractivity contribution in [3.05, 3.63) is 40.7 Å². The van der Waals surface area contributed by atoms with Crippen LogP contribution in [0.5, 0.6) is 0 Å². The van der Waals surface area contributed by atoms with Crippen molar-refractivity contribution in [2.75, 3.05) is 5.32 Å². The number of rotatable bonds is 6. The van der Waals surface area contributed by atoms with Gasteiger partial charge in [-0.25, -0.2) is 0 Å². The van der Waals surface area contributed by atoms with E-state index in [1.807, 2.05) is 12.1 Å². The number of hydrogen-bond acceptors (Lipinski definition) is 4. The Bertz CT molecular complexity index is 668. The molecule has 0 bridgehead atoms. The smallest absolute Gasteiger partial charge is 0.278 e. The Balaban J connectivity index is 1.94. The highest BCUT2D eigenvalue weighted by molar-refractivity contribution is 5.99. The maximum absolute atomic E-state index is 11.1. The Morgan fingerprint density at radius 2 is 2.19 bits per heavy atom. The Labute approximate surface area is 123 Å². The molecule has 1 aliphatic rings. The fourth-order valence-corrected chi connectivity index (χ4v) is 2.76. The lowest BCUT2D eigenvalue weighted by Gasteiger charge is -2.19. The lowest BCUT2D eigenvalue weighted by Crippen LogP contribution is -2.19. The number of nitrogens with zero attached hydrogens (tertiary/aromatic N) is 2. The van der Waals surface area contributed by atoms with Crippen LogP contribution in [0.2, 0.25) is 0 Å². The summed E-state index contributed by atoms with van der Waals surface area (Å²) in [5, 5.41) is 16.1. The molecule has 5 nitrogen and oxygen atoms in total. The second-order valence-corrected chi connectivity index (χ2v) is 5.74. The molecule has 1 N–H and O–H groups in total. The van der Waals surface area contributed by atoms with Crippen LogP contribution in [0.4, 0.5) is 11.4 Å². The zero-order valence-electron chi connectivity index (χ0n) is 12.1. The summed E-state index contributed by atoms with van der Waals surface area (Å²) in [6.45, 7) is 2.18. The van der Waals surface area contributed by atoms with Gasteiger partial charge in [-0.05, 0) is 30.9 Å². The van der Waals surface area contributed by atoms with E-state index < -0.39 is 0 Å². The van der Waals surface area contributed by atoms with Crippen molar-refractivity contribution in [3.8, 4) is 0 Å². The average Bonchev–Trinajstić information content (AvgIpc) is 3.30. The SMILES string of the molecule is CCC(CC1CC1)Nc1ccc([N+](=O)[O-])c2cnccc12. The Kier molecular flexibility index (Phi) is 3.73. The number of pyridine rings is 1. The van der Waals surface area contributed by atoms with Crippen molar-refractivity contribution in [2.24, 2.45) is 5.92 Å². The van der Waals surface area contributed by atoms with Gasteiger partial charge < -0.3 is 5.32 Å². The highest BCUT2D eigenvalue weighted by atomic mass is 16.6. The first-order chi connectivity index (χ1) is 10.2. The Morgan fingerprint density at radius 1 is 1.38 bits per heavy atom. The van der Waals surface area contributed by atoms with Crippen LogP contribution < -0.4 is 5.32 Å². The predicted molar refractivity (Wildman–Crippen MR) is 83.4 cm³/mol. The van der Waals surface area contributed by atoms with Crippen LogP contribution >= 0.6 is 0 Å². The van der Waals surface area contributed by atoms with Crippen LogP contribution in [0, 0.1) is 16.0 Å². The molecule has 1 fully saturated rings. The lowest BCUT2D eigenvalue weighted by molar-refractivity contribution is -0.383. The van der Waals surface area contributed by atoms with E-state index in [0.717, 1.165) is 23.4 Å². The van der Waals surface area contributed by atoms with Gasteiger partial charge in [0.05, 0.1) is 10.3 Å². The lowest BCUT2D eigenvalue weighted by atomic mass is 10.0. The summed E-state index contributed by atoms with van der Waals surface area (Å²) < 4.78 is 0. The second-order valence-electron chi connectivity index (χ2n) is 5.74. The molecule has 1 aliphatic carbocycles. The summed E-state index contributed by atoms with van der Waals surface area (Å²) in [6, 6.07) is 5.65. The monoisotopic (exact) mass is 285 g/mol. The van der Waals surface area contributed by atoms with Gasteiger partial charge in [0.1, 0.15) is 0 Å². The van der Waals surface area contributed by atoms with Crippen molar-refractivity contribution >= 4 is 22.1 Å². The molecule has 0 saturated heterocycles. The third-order valence-electron chi connectivity index (χ3n) is 4.16. The van der Waals surface area contributed by atoms with E-state index in [1.54, 1.807) is 18.5 Å². The number of nitro benzene ring substituents is 1. The molecule has 2 aromatic rings. The first-order valence-electron chi connectivity index (χ1n) is 7.46. The average molecular weight is 285 g/mol. The van der Waals surface area contributed by atoms with Gasteiger partial charge in [0.25, 0.3) is 5.69 Å². The van der Waals surface area contributed by atoms with Gasteiger partial charge in [-0.3, -0.25) is 15.1 Å². The number of benzene rings is 1. The first kappa shape index (κ1) is 13.8. The molecule has 1 saturated carbocycles. The van der Waals surface area contributed by atoms with Crippen molar-refractivity contribution in [3.63, 3.8) is 0 Å². The van der Waals surface area contributed by atoms with Gasteiger partial charge in [0.2, 0.25) is 0 Å². The van der Waals surface area contributed by atoms with Gasteiger partial charge in [-0.1, -0.05) is 19.8 Å². The van der Waals surface area contributed by atoms with Gasteiger partial charge in [0.15, 0.2) is 0 Å². The third kappa shape index (κ3) is 2.96. The number of nitro groups is 1. The molecule has 1 atom stereocenters. The van der Waals surface area contributed by atoms with Crippen LogP contribution in [0.15, 0.2) is 30.6 Å². The maximum Gasteiger partial charge on any atom is 0.278 e. The number of nitrogens with one attached hydrogen (secondary N) is 1. The fourth-order valence-electron chi connectivity index (χ4n) is 2.76. The van der Waals surface area contributed by atoms with E-state index in [9.17, 15) is 10.1 Å². The molecule has 0 amide bonds. The molecule has 1 aromatic carbocycles. The van der Waals surface area contributed by atoms with Gasteiger partial charge in [0, 0.05) is 35.6 Å². The molecular formula is C16H19N3O2. The molecule has 1 unspecified atom stereocenters. The minimum Gasteiger partial charge on any atom is -0.382 e. The van der Waals surface area contributed by atoms with E-state index in [-0.39, 0.29) is 10.6 Å². The minimum atomic E-state index is -0.352. The third-order valence-corrected chi connectivity index (χ3v) is 4.16. The molecule has 0 spiro atoms. The number of anilines is 1. The van der Waals surface area contributed by atoms with Crippen molar-refractivity contribution in [2.45, 2.75) is 38.6 Å². The summed E-state index contributed by atoms with van der Waals surface area (Å²) >= 11 is 0. The van der Waals surface area contributed by atoms with E-state index >= 15 is 0 Å². The van der Waals surface area contributed by atoms with E-state index in [0.29, 0.717) is 11.4 Å². The van der Waals surface area contributed by atoms with Gasteiger partial charge in [-0.15, -0.1) is 0 Å². The standard InChI is InChI=1S/C16H19N3O2/c1-2-12(9-11-3-4-11)18-15-5-6-16(19(20)21)14-10-17-8-7-13(14)15/h5-8,10-12,18H,2-4,9H2,1H3. The largest absolute Gasteiger partial charge is 0.382 e. The normalized spacial score (nSPS) is 15.9. The molecule has 5 heteroatoms. The second kappa shape index (κ2) is 5.68. The summed E-state index contributed by atoms with van der Waals surface area (Å²) in [5.74, 6) is 0.855. The van der Waals surface area contributed by atoms with E-state index in [4.69, 9.17) is 0 Å².